The van der Waals surface area contributed by atoms with Crippen LogP contribution in [-0.2, 0) is 6.18 Å². The molecule has 3 nitrogen and oxygen atoms in total. The van der Waals surface area contributed by atoms with Crippen LogP contribution in [0.4, 0.5) is 13.2 Å². The first-order chi connectivity index (χ1) is 9.47. The predicted octanol–water partition coefficient (Wildman–Crippen LogP) is 3.72. The molecule has 0 unspecified atom stereocenters. The third-order valence-electron chi connectivity index (χ3n) is 3.07. The fraction of sp³-hybridized carbons (Fsp3) is 0.143. The van der Waals surface area contributed by atoms with Crippen LogP contribution >= 0.6 is 0 Å². The van der Waals surface area contributed by atoms with Gasteiger partial charge in [-0.3, -0.25) is 4.40 Å². The fourth-order valence-electron chi connectivity index (χ4n) is 2.12. The second kappa shape index (κ2) is 4.33. The van der Waals surface area contributed by atoms with Crippen molar-refractivity contribution in [1.82, 2.24) is 14.6 Å². The molecule has 0 N–H and O–H groups in total. The molecule has 0 amide bonds. The van der Waals surface area contributed by atoms with Crippen LogP contribution in [0.3, 0.4) is 0 Å². The molecule has 3 aromatic rings. The van der Waals surface area contributed by atoms with E-state index in [1.165, 1.54) is 6.07 Å². The van der Waals surface area contributed by atoms with E-state index in [-0.39, 0.29) is 0 Å². The first-order valence-corrected chi connectivity index (χ1v) is 5.95. The summed E-state index contributed by atoms with van der Waals surface area (Å²) >= 11 is 0. The van der Waals surface area contributed by atoms with Crippen LogP contribution < -0.4 is 0 Å². The number of halogens is 3. The Bertz CT molecular complexity index is 775. The van der Waals surface area contributed by atoms with Gasteiger partial charge in [0.05, 0.1) is 5.56 Å². The zero-order chi connectivity index (χ0) is 14.3. The summed E-state index contributed by atoms with van der Waals surface area (Å²) in [5.74, 6) is 0.407. The molecule has 6 heteroatoms. The largest absolute Gasteiger partial charge is 0.416 e. The Kier molecular flexibility index (Phi) is 2.74. The van der Waals surface area contributed by atoms with E-state index in [1.807, 2.05) is 19.1 Å². The van der Waals surface area contributed by atoms with Crippen molar-refractivity contribution in [1.29, 1.82) is 0 Å². The van der Waals surface area contributed by atoms with Crippen molar-refractivity contribution in [2.45, 2.75) is 13.1 Å². The molecule has 2 aromatic heterocycles. The highest BCUT2D eigenvalue weighted by Crippen LogP contribution is 2.31. The van der Waals surface area contributed by atoms with Crippen molar-refractivity contribution in [3.63, 3.8) is 0 Å². The van der Waals surface area contributed by atoms with Gasteiger partial charge in [-0.05, 0) is 31.2 Å². The molecule has 102 valence electrons. The van der Waals surface area contributed by atoms with Gasteiger partial charge in [0.2, 0.25) is 0 Å². The van der Waals surface area contributed by atoms with Gasteiger partial charge in [-0.2, -0.15) is 13.2 Å². The van der Waals surface area contributed by atoms with Gasteiger partial charge in [0.25, 0.3) is 0 Å². The molecule has 0 saturated heterocycles. The molecule has 3 rings (SSSR count). The second-order valence-corrected chi connectivity index (χ2v) is 4.46. The van der Waals surface area contributed by atoms with Crippen LogP contribution in [0.25, 0.3) is 17.0 Å². The van der Waals surface area contributed by atoms with Crippen molar-refractivity contribution >= 4 is 5.65 Å². The van der Waals surface area contributed by atoms with Gasteiger partial charge in [-0.25, -0.2) is 0 Å². The molecule has 0 saturated carbocycles. The summed E-state index contributed by atoms with van der Waals surface area (Å²) in [4.78, 5) is 0. The topological polar surface area (TPSA) is 30.2 Å². The lowest BCUT2D eigenvalue weighted by Gasteiger charge is -2.08. The van der Waals surface area contributed by atoms with Gasteiger partial charge in [0.1, 0.15) is 0 Å². The maximum absolute atomic E-state index is 12.8. The number of hydrogen-bond acceptors (Lipinski definition) is 2. The van der Waals surface area contributed by atoms with Gasteiger partial charge in [0.15, 0.2) is 11.5 Å². The van der Waals surface area contributed by atoms with E-state index in [0.29, 0.717) is 17.0 Å². The summed E-state index contributed by atoms with van der Waals surface area (Å²) in [7, 11) is 0. The van der Waals surface area contributed by atoms with Crippen LogP contribution in [0.1, 0.15) is 11.3 Å². The fourth-order valence-corrected chi connectivity index (χ4v) is 2.12. The Morgan fingerprint density at radius 2 is 1.75 bits per heavy atom. The molecular formula is C14H10F3N3. The second-order valence-electron chi connectivity index (χ2n) is 4.46. The molecule has 0 atom stereocenters. The van der Waals surface area contributed by atoms with Gasteiger partial charge in [-0.15, -0.1) is 10.2 Å². The molecule has 0 aliphatic rings. The van der Waals surface area contributed by atoms with E-state index >= 15 is 0 Å². The first-order valence-electron chi connectivity index (χ1n) is 5.95. The van der Waals surface area contributed by atoms with Gasteiger partial charge in [-0.1, -0.05) is 18.2 Å². The van der Waals surface area contributed by atoms with Crippen LogP contribution in [0, 0.1) is 6.92 Å². The van der Waals surface area contributed by atoms with Crippen molar-refractivity contribution in [3.05, 3.63) is 53.7 Å². The lowest BCUT2D eigenvalue weighted by atomic mass is 10.1. The summed E-state index contributed by atoms with van der Waals surface area (Å²) < 4.78 is 40.0. The molecule has 0 bridgehead atoms. The highest BCUT2D eigenvalue weighted by atomic mass is 19.4. The van der Waals surface area contributed by atoms with Gasteiger partial charge < -0.3 is 0 Å². The number of rotatable bonds is 1. The minimum Gasteiger partial charge on any atom is -0.280 e. The average Bonchev–Trinajstić information content (AvgIpc) is 2.83. The van der Waals surface area contributed by atoms with Crippen molar-refractivity contribution in [2.75, 3.05) is 0 Å². The number of alkyl halides is 3. The number of aryl methyl sites for hydroxylation is 1. The van der Waals surface area contributed by atoms with Crippen molar-refractivity contribution < 1.29 is 13.2 Å². The van der Waals surface area contributed by atoms with E-state index in [4.69, 9.17) is 0 Å². The lowest BCUT2D eigenvalue weighted by molar-refractivity contribution is -0.137. The Balaban J connectivity index is 2.22. The molecular weight excluding hydrogens is 267 g/mol. The number of pyridine rings is 1. The molecule has 20 heavy (non-hydrogen) atoms. The van der Waals surface area contributed by atoms with Crippen molar-refractivity contribution in [3.8, 4) is 11.4 Å². The number of aromatic nitrogens is 3. The van der Waals surface area contributed by atoms with E-state index < -0.39 is 11.7 Å². The summed E-state index contributed by atoms with van der Waals surface area (Å²) in [6.07, 6.45) is -4.37. The number of hydrogen-bond donors (Lipinski definition) is 0. The van der Waals surface area contributed by atoms with Crippen LogP contribution in [0.5, 0.6) is 0 Å². The zero-order valence-electron chi connectivity index (χ0n) is 10.5. The standard InChI is InChI=1S/C14H10F3N3/c1-9-4-2-7-12-18-19-13(20(9)12)10-5-3-6-11(8-10)14(15,16)17/h2-8H,1H3. The van der Waals surface area contributed by atoms with E-state index in [2.05, 4.69) is 10.2 Å². The summed E-state index contributed by atoms with van der Waals surface area (Å²) in [5, 5.41) is 7.97. The Hall–Kier alpha value is -2.37. The third kappa shape index (κ3) is 2.03. The average molecular weight is 277 g/mol. The van der Waals surface area contributed by atoms with Crippen LogP contribution in [0.2, 0.25) is 0 Å². The normalized spacial score (nSPS) is 12.0. The van der Waals surface area contributed by atoms with Crippen molar-refractivity contribution in [2.24, 2.45) is 0 Å². The monoisotopic (exact) mass is 277 g/mol. The molecule has 2 heterocycles. The smallest absolute Gasteiger partial charge is 0.280 e. The highest BCUT2D eigenvalue weighted by Gasteiger charge is 2.30. The molecule has 0 radical (unpaired) electrons. The number of nitrogens with zero attached hydrogens (tertiary/aromatic N) is 3. The number of fused-ring (bicyclic) bond motifs is 1. The van der Waals surface area contributed by atoms with E-state index in [9.17, 15) is 13.2 Å². The minimum absolute atomic E-state index is 0.390. The molecule has 0 fully saturated rings. The lowest BCUT2D eigenvalue weighted by Crippen LogP contribution is -2.05. The van der Waals surface area contributed by atoms with Gasteiger partial charge in [0, 0.05) is 11.3 Å². The van der Waals surface area contributed by atoms with E-state index in [0.717, 1.165) is 17.8 Å². The maximum Gasteiger partial charge on any atom is 0.416 e. The minimum atomic E-state index is -4.37. The van der Waals surface area contributed by atoms with Crippen LogP contribution in [-0.4, -0.2) is 14.6 Å². The third-order valence-corrected chi connectivity index (χ3v) is 3.07. The summed E-state index contributed by atoms with van der Waals surface area (Å²) in [5.41, 5.74) is 1.17. The Labute approximate surface area is 112 Å². The maximum atomic E-state index is 12.8. The van der Waals surface area contributed by atoms with Gasteiger partial charge >= 0.3 is 6.18 Å². The number of benzene rings is 1. The summed E-state index contributed by atoms with van der Waals surface area (Å²) in [6.45, 7) is 1.85. The SMILES string of the molecule is Cc1cccc2nnc(-c3cccc(C(F)(F)F)c3)n12. The van der Waals surface area contributed by atoms with Crippen LogP contribution in [0.15, 0.2) is 42.5 Å². The quantitative estimate of drug-likeness (QED) is 0.678. The Morgan fingerprint density at radius 3 is 2.50 bits per heavy atom. The molecule has 0 spiro atoms. The highest BCUT2D eigenvalue weighted by molar-refractivity contribution is 5.61. The predicted molar refractivity (Wildman–Crippen MR) is 68.2 cm³/mol. The Morgan fingerprint density at radius 1 is 1.00 bits per heavy atom. The summed E-state index contributed by atoms with van der Waals surface area (Å²) in [6, 6.07) is 10.5. The molecule has 0 aliphatic carbocycles. The molecule has 1 aromatic carbocycles. The zero-order valence-corrected chi connectivity index (χ0v) is 10.5. The molecule has 0 aliphatic heterocycles. The van der Waals surface area contributed by atoms with E-state index in [1.54, 1.807) is 16.5 Å². The first kappa shape index (κ1) is 12.7.